The molecule has 204 valence electrons. The maximum Gasteiger partial charge on any atom is 0.300 e. The summed E-state index contributed by atoms with van der Waals surface area (Å²) in [6.45, 7) is 7.69. The SMILES string of the molecule is COc1ccc(C2/C(=C(\O)c3cc(C(C)C)c(OC)cc3C)C(=O)C(=O)N2c2cc(Cl)ccc2C)cc1OC. The van der Waals surface area contributed by atoms with Crippen LogP contribution in [0.3, 0.4) is 0 Å². The molecule has 0 aromatic heterocycles. The third-order valence-electron chi connectivity index (χ3n) is 7.05. The lowest BCUT2D eigenvalue weighted by Crippen LogP contribution is -2.30. The number of aliphatic hydroxyl groups is 1. The molecule has 0 bridgehead atoms. The normalized spacial score (nSPS) is 16.6. The first kappa shape index (κ1) is 28.0. The molecule has 1 aliphatic heterocycles. The molecule has 3 aromatic carbocycles. The van der Waals surface area contributed by atoms with E-state index in [2.05, 4.69) is 0 Å². The van der Waals surface area contributed by atoms with Gasteiger partial charge in [-0.15, -0.1) is 0 Å². The summed E-state index contributed by atoms with van der Waals surface area (Å²) in [6, 6.07) is 13.0. The Bertz CT molecular complexity index is 1490. The molecule has 39 heavy (non-hydrogen) atoms. The summed E-state index contributed by atoms with van der Waals surface area (Å²) in [5.74, 6) is -0.145. The number of rotatable bonds is 7. The second kappa shape index (κ2) is 11.0. The van der Waals surface area contributed by atoms with Crippen molar-refractivity contribution in [1.29, 1.82) is 0 Å². The first-order valence-electron chi connectivity index (χ1n) is 12.5. The van der Waals surface area contributed by atoms with Crippen LogP contribution in [0.5, 0.6) is 17.2 Å². The molecule has 0 saturated carbocycles. The van der Waals surface area contributed by atoms with E-state index in [0.717, 1.165) is 11.1 Å². The minimum Gasteiger partial charge on any atom is -0.507 e. The highest BCUT2D eigenvalue weighted by Gasteiger charge is 2.47. The third-order valence-corrected chi connectivity index (χ3v) is 7.29. The number of aryl methyl sites for hydroxylation is 2. The van der Waals surface area contributed by atoms with Crippen molar-refractivity contribution >= 4 is 34.7 Å². The van der Waals surface area contributed by atoms with Crippen LogP contribution in [0.1, 0.15) is 53.6 Å². The van der Waals surface area contributed by atoms with E-state index in [1.54, 1.807) is 43.5 Å². The average Bonchev–Trinajstić information content (AvgIpc) is 3.18. The standard InChI is InChI=1S/C31H32ClNO6/c1-16(2)21-15-22(18(4)12-25(21)38-6)29(34)27-28(19-9-11-24(37-5)26(13-19)39-7)33(31(36)30(27)35)23-14-20(32)10-8-17(23)3/h8-16,28,34H,1-7H3/b29-27+. The van der Waals surface area contributed by atoms with Crippen LogP contribution in [0.4, 0.5) is 5.69 Å². The first-order chi connectivity index (χ1) is 18.5. The van der Waals surface area contributed by atoms with Crippen molar-refractivity contribution in [2.75, 3.05) is 26.2 Å². The Morgan fingerprint density at radius 1 is 0.872 bits per heavy atom. The lowest BCUT2D eigenvalue weighted by Gasteiger charge is -2.27. The topological polar surface area (TPSA) is 85.3 Å². The summed E-state index contributed by atoms with van der Waals surface area (Å²) in [6.07, 6.45) is 0. The van der Waals surface area contributed by atoms with Crippen molar-refractivity contribution in [1.82, 2.24) is 0 Å². The molecule has 0 radical (unpaired) electrons. The molecule has 1 unspecified atom stereocenters. The zero-order valence-corrected chi connectivity index (χ0v) is 23.8. The van der Waals surface area contributed by atoms with Crippen molar-refractivity contribution in [3.05, 3.63) is 86.9 Å². The fourth-order valence-corrected chi connectivity index (χ4v) is 5.15. The second-order valence-corrected chi connectivity index (χ2v) is 10.2. The lowest BCUT2D eigenvalue weighted by atomic mass is 9.90. The second-order valence-electron chi connectivity index (χ2n) is 9.78. The Balaban J connectivity index is 2.05. The summed E-state index contributed by atoms with van der Waals surface area (Å²) in [7, 11) is 4.63. The largest absolute Gasteiger partial charge is 0.507 e. The van der Waals surface area contributed by atoms with Gasteiger partial charge in [0.15, 0.2) is 11.5 Å². The number of hydrogen-bond donors (Lipinski definition) is 1. The first-order valence-corrected chi connectivity index (χ1v) is 12.9. The van der Waals surface area contributed by atoms with Gasteiger partial charge < -0.3 is 19.3 Å². The van der Waals surface area contributed by atoms with Crippen molar-refractivity contribution < 1.29 is 28.9 Å². The molecule has 1 heterocycles. The lowest BCUT2D eigenvalue weighted by molar-refractivity contribution is -0.132. The van der Waals surface area contributed by atoms with Gasteiger partial charge in [-0.2, -0.15) is 0 Å². The highest BCUT2D eigenvalue weighted by atomic mass is 35.5. The van der Waals surface area contributed by atoms with E-state index in [1.807, 2.05) is 39.8 Å². The molecule has 1 amide bonds. The number of hydrogen-bond acceptors (Lipinski definition) is 6. The van der Waals surface area contributed by atoms with Crippen LogP contribution >= 0.6 is 11.6 Å². The van der Waals surface area contributed by atoms with Crippen LogP contribution in [0.25, 0.3) is 5.76 Å². The predicted molar refractivity (Wildman–Crippen MR) is 152 cm³/mol. The number of methoxy groups -OCH3 is 3. The Morgan fingerprint density at radius 2 is 1.54 bits per heavy atom. The maximum atomic E-state index is 13.7. The smallest absolute Gasteiger partial charge is 0.300 e. The van der Waals surface area contributed by atoms with Crippen LogP contribution in [0.2, 0.25) is 5.02 Å². The van der Waals surface area contributed by atoms with Gasteiger partial charge in [0.05, 0.1) is 32.9 Å². The molecule has 0 spiro atoms. The number of carbonyl (C=O) groups excluding carboxylic acids is 2. The Morgan fingerprint density at radius 3 is 2.15 bits per heavy atom. The van der Waals surface area contributed by atoms with Gasteiger partial charge in [0.1, 0.15) is 11.5 Å². The number of nitrogens with zero attached hydrogens (tertiary/aromatic N) is 1. The number of halogens is 1. The number of ketones is 1. The van der Waals surface area contributed by atoms with Crippen LogP contribution in [-0.4, -0.2) is 38.1 Å². The van der Waals surface area contributed by atoms with Gasteiger partial charge in [0.2, 0.25) is 0 Å². The quantitative estimate of drug-likeness (QED) is 0.200. The van der Waals surface area contributed by atoms with E-state index in [1.165, 1.54) is 19.1 Å². The molecular formula is C31H32ClNO6. The maximum absolute atomic E-state index is 13.7. The van der Waals surface area contributed by atoms with E-state index in [9.17, 15) is 14.7 Å². The Kier molecular flexibility index (Phi) is 7.93. The van der Waals surface area contributed by atoms with Gasteiger partial charge in [-0.1, -0.05) is 37.6 Å². The number of carbonyl (C=O) groups is 2. The van der Waals surface area contributed by atoms with Crippen molar-refractivity contribution in [2.45, 2.75) is 39.7 Å². The summed E-state index contributed by atoms with van der Waals surface area (Å²) in [5, 5.41) is 12.2. The molecule has 1 aliphatic rings. The number of anilines is 1. The summed E-state index contributed by atoms with van der Waals surface area (Å²) < 4.78 is 16.5. The highest BCUT2D eigenvalue weighted by Crippen LogP contribution is 2.46. The Labute approximate surface area is 233 Å². The van der Waals surface area contributed by atoms with Crippen molar-refractivity contribution in [3.63, 3.8) is 0 Å². The third kappa shape index (κ3) is 4.94. The highest BCUT2D eigenvalue weighted by molar-refractivity contribution is 6.52. The van der Waals surface area contributed by atoms with Gasteiger partial charge in [-0.05, 0) is 78.4 Å². The van der Waals surface area contributed by atoms with E-state index in [-0.39, 0.29) is 17.3 Å². The molecule has 1 atom stereocenters. The van der Waals surface area contributed by atoms with Crippen LogP contribution in [0.15, 0.2) is 54.1 Å². The molecular weight excluding hydrogens is 518 g/mol. The molecule has 1 N–H and O–H groups in total. The summed E-state index contributed by atoms with van der Waals surface area (Å²) in [4.78, 5) is 28.7. The minimum absolute atomic E-state index is 0.0328. The molecule has 3 aromatic rings. The minimum atomic E-state index is -0.953. The zero-order chi connectivity index (χ0) is 28.6. The van der Waals surface area contributed by atoms with E-state index < -0.39 is 17.7 Å². The van der Waals surface area contributed by atoms with Crippen LogP contribution < -0.4 is 19.1 Å². The number of benzene rings is 3. The van der Waals surface area contributed by atoms with Gasteiger partial charge in [0, 0.05) is 16.3 Å². The number of Topliss-reactive ketones (excluding diaryl/α,β-unsaturated/α-hetero) is 1. The zero-order valence-electron chi connectivity index (χ0n) is 23.1. The summed E-state index contributed by atoms with van der Waals surface area (Å²) in [5.41, 5.74) is 3.76. The van der Waals surface area contributed by atoms with E-state index in [0.29, 0.717) is 44.6 Å². The van der Waals surface area contributed by atoms with Gasteiger partial charge in [-0.3, -0.25) is 14.5 Å². The molecule has 0 aliphatic carbocycles. The monoisotopic (exact) mass is 549 g/mol. The molecule has 4 rings (SSSR count). The van der Waals surface area contributed by atoms with Crippen LogP contribution in [-0.2, 0) is 9.59 Å². The van der Waals surface area contributed by atoms with E-state index >= 15 is 0 Å². The fraction of sp³-hybridized carbons (Fsp3) is 0.290. The van der Waals surface area contributed by atoms with Crippen molar-refractivity contribution in [3.8, 4) is 17.2 Å². The number of amides is 1. The fourth-order valence-electron chi connectivity index (χ4n) is 4.99. The Hall–Kier alpha value is -3.97. The molecule has 8 heteroatoms. The average molecular weight is 550 g/mol. The van der Waals surface area contributed by atoms with Gasteiger partial charge in [-0.25, -0.2) is 0 Å². The molecule has 7 nitrogen and oxygen atoms in total. The molecule has 1 saturated heterocycles. The summed E-state index contributed by atoms with van der Waals surface area (Å²) >= 11 is 6.32. The predicted octanol–water partition coefficient (Wildman–Crippen LogP) is 6.73. The van der Waals surface area contributed by atoms with Gasteiger partial charge in [0.25, 0.3) is 11.7 Å². The number of ether oxygens (including phenoxy) is 3. The van der Waals surface area contributed by atoms with Crippen molar-refractivity contribution in [2.24, 2.45) is 0 Å². The number of aliphatic hydroxyl groups excluding tert-OH is 1. The van der Waals surface area contributed by atoms with Gasteiger partial charge >= 0.3 is 0 Å². The van der Waals surface area contributed by atoms with Crippen LogP contribution in [0, 0.1) is 13.8 Å². The molecule has 1 fully saturated rings. The van der Waals surface area contributed by atoms with E-state index in [4.69, 9.17) is 25.8 Å².